The summed E-state index contributed by atoms with van der Waals surface area (Å²) in [6.07, 6.45) is 1.62. The van der Waals surface area contributed by atoms with Crippen molar-refractivity contribution in [2.75, 3.05) is 18.9 Å². The minimum absolute atomic E-state index is 0.0138. The second-order valence-corrected chi connectivity index (χ2v) is 8.10. The van der Waals surface area contributed by atoms with Crippen LogP contribution in [0.25, 0.3) is 11.3 Å². The molecule has 0 radical (unpaired) electrons. The highest BCUT2D eigenvalue weighted by Crippen LogP contribution is 2.33. The Labute approximate surface area is 190 Å². The van der Waals surface area contributed by atoms with Gasteiger partial charge in [-0.15, -0.1) is 0 Å². The van der Waals surface area contributed by atoms with Crippen molar-refractivity contribution in [3.8, 4) is 11.3 Å². The summed E-state index contributed by atoms with van der Waals surface area (Å²) in [5, 5.41) is 7.24. The van der Waals surface area contributed by atoms with Crippen molar-refractivity contribution < 1.29 is 18.7 Å². The zero-order chi connectivity index (χ0) is 23.5. The van der Waals surface area contributed by atoms with Gasteiger partial charge >= 0.3 is 0 Å². The Hall–Kier alpha value is -3.72. The first kappa shape index (κ1) is 22.5. The number of primary amides is 1. The van der Waals surface area contributed by atoms with Crippen LogP contribution in [0.4, 0.5) is 10.2 Å². The van der Waals surface area contributed by atoms with Gasteiger partial charge in [-0.2, -0.15) is 5.10 Å². The first-order chi connectivity index (χ1) is 15.9. The van der Waals surface area contributed by atoms with E-state index in [-0.39, 0.29) is 41.1 Å². The van der Waals surface area contributed by atoms with Crippen LogP contribution in [0, 0.1) is 12.7 Å². The average Bonchev–Trinajstić information content (AvgIpc) is 3.15. The monoisotopic (exact) mass is 451 g/mol. The highest BCUT2D eigenvalue weighted by Gasteiger charge is 2.28. The van der Waals surface area contributed by atoms with Crippen LogP contribution in [0.2, 0.25) is 0 Å². The first-order valence-corrected chi connectivity index (χ1v) is 10.7. The molecule has 1 aliphatic heterocycles. The van der Waals surface area contributed by atoms with Crippen molar-refractivity contribution in [3.63, 3.8) is 0 Å². The summed E-state index contributed by atoms with van der Waals surface area (Å²) in [5.41, 5.74) is 13.9. The highest BCUT2D eigenvalue weighted by molar-refractivity contribution is 6.03. The number of nitrogens with one attached hydrogen (secondary N) is 1. The molecule has 1 unspecified atom stereocenters. The lowest BCUT2D eigenvalue weighted by atomic mass is 10.0. The number of amides is 2. The Balaban J connectivity index is 1.58. The molecular formula is C24H26FN5O3. The Morgan fingerprint density at radius 2 is 2.06 bits per heavy atom. The molecule has 2 aromatic carbocycles. The normalized spacial score (nSPS) is 15.9. The van der Waals surface area contributed by atoms with Gasteiger partial charge in [0, 0.05) is 24.3 Å². The number of halogens is 1. The van der Waals surface area contributed by atoms with Gasteiger partial charge in [-0.05, 0) is 49.1 Å². The van der Waals surface area contributed by atoms with Crippen molar-refractivity contribution >= 4 is 17.6 Å². The molecule has 3 aromatic rings. The molecule has 9 heteroatoms. The molecule has 8 nitrogen and oxygen atoms in total. The third-order valence-corrected chi connectivity index (χ3v) is 5.81. The van der Waals surface area contributed by atoms with Gasteiger partial charge in [0.25, 0.3) is 11.8 Å². The smallest absolute Gasteiger partial charge is 0.254 e. The number of carbonyl (C=O) groups excluding carboxylic acids is 2. The van der Waals surface area contributed by atoms with E-state index < -0.39 is 11.7 Å². The Kier molecular flexibility index (Phi) is 6.41. The Morgan fingerprint density at radius 3 is 2.73 bits per heavy atom. The standard InChI is InChI=1S/C24H26FN5O3/c1-14-5-2-3-7-17(14)24(32)28-12-15-8-9-18(19(25)11-15)21-20(23(27)31)22(26)30(29-21)16-6-4-10-33-13-16/h2-3,5,7-9,11,16H,4,6,10,12-13,26H2,1H3,(H2,27,31)(H,28,32). The van der Waals surface area contributed by atoms with E-state index in [0.29, 0.717) is 24.3 Å². The summed E-state index contributed by atoms with van der Waals surface area (Å²) in [6, 6.07) is 11.6. The van der Waals surface area contributed by atoms with Gasteiger partial charge in [0.05, 0.1) is 12.6 Å². The molecule has 4 rings (SSSR count). The van der Waals surface area contributed by atoms with E-state index in [1.54, 1.807) is 18.2 Å². The van der Waals surface area contributed by atoms with Gasteiger partial charge in [-0.3, -0.25) is 9.59 Å². The van der Waals surface area contributed by atoms with Crippen molar-refractivity contribution in [1.82, 2.24) is 15.1 Å². The lowest BCUT2D eigenvalue weighted by Gasteiger charge is -2.23. The zero-order valence-corrected chi connectivity index (χ0v) is 18.3. The van der Waals surface area contributed by atoms with Gasteiger partial charge in [-0.25, -0.2) is 9.07 Å². The van der Waals surface area contributed by atoms with Gasteiger partial charge in [0.2, 0.25) is 0 Å². The number of aryl methyl sites for hydroxylation is 1. The molecule has 172 valence electrons. The van der Waals surface area contributed by atoms with E-state index in [1.165, 1.54) is 16.8 Å². The van der Waals surface area contributed by atoms with E-state index in [4.69, 9.17) is 16.2 Å². The van der Waals surface area contributed by atoms with Crippen molar-refractivity contribution in [2.45, 2.75) is 32.4 Å². The second kappa shape index (κ2) is 9.41. The van der Waals surface area contributed by atoms with Crippen molar-refractivity contribution in [2.24, 2.45) is 5.73 Å². The number of nitrogens with zero attached hydrogens (tertiary/aromatic N) is 2. The van der Waals surface area contributed by atoms with Crippen LogP contribution in [-0.2, 0) is 11.3 Å². The number of nitrogen functional groups attached to an aromatic ring is 1. The molecule has 0 spiro atoms. The molecular weight excluding hydrogens is 425 g/mol. The maximum absolute atomic E-state index is 15.1. The minimum atomic E-state index is -0.778. The van der Waals surface area contributed by atoms with Crippen molar-refractivity contribution in [1.29, 1.82) is 0 Å². The number of ether oxygens (including phenoxy) is 1. The molecule has 1 fully saturated rings. The second-order valence-electron chi connectivity index (χ2n) is 8.10. The van der Waals surface area contributed by atoms with Crippen LogP contribution in [-0.4, -0.2) is 34.8 Å². The zero-order valence-electron chi connectivity index (χ0n) is 18.3. The van der Waals surface area contributed by atoms with E-state index in [1.807, 2.05) is 19.1 Å². The topological polar surface area (TPSA) is 125 Å². The summed E-state index contributed by atoms with van der Waals surface area (Å²) in [6.45, 7) is 3.06. The SMILES string of the molecule is Cc1ccccc1C(=O)NCc1ccc(-c2nn(C3CCCOC3)c(N)c2C(N)=O)c(F)c1. The molecule has 1 saturated heterocycles. The number of nitrogens with two attached hydrogens (primary N) is 2. The van der Waals surface area contributed by atoms with E-state index in [9.17, 15) is 9.59 Å². The quantitative estimate of drug-likeness (QED) is 0.531. The Bertz CT molecular complexity index is 1200. The number of anilines is 1. The predicted octanol–water partition coefficient (Wildman–Crippen LogP) is 2.96. The van der Waals surface area contributed by atoms with Crippen LogP contribution in [0.5, 0.6) is 0 Å². The summed E-state index contributed by atoms with van der Waals surface area (Å²) in [5.74, 6) is -1.51. The highest BCUT2D eigenvalue weighted by atomic mass is 19.1. The maximum atomic E-state index is 15.1. The van der Waals surface area contributed by atoms with Crippen LogP contribution < -0.4 is 16.8 Å². The van der Waals surface area contributed by atoms with Gasteiger partial charge in [-0.1, -0.05) is 24.3 Å². The largest absolute Gasteiger partial charge is 0.383 e. The summed E-state index contributed by atoms with van der Waals surface area (Å²) in [7, 11) is 0. The van der Waals surface area contributed by atoms with E-state index in [2.05, 4.69) is 10.4 Å². The third-order valence-electron chi connectivity index (χ3n) is 5.81. The number of hydrogen-bond donors (Lipinski definition) is 3. The third kappa shape index (κ3) is 4.58. The Morgan fingerprint density at radius 1 is 1.27 bits per heavy atom. The number of aromatic nitrogens is 2. The maximum Gasteiger partial charge on any atom is 0.254 e. The molecule has 5 N–H and O–H groups in total. The summed E-state index contributed by atoms with van der Waals surface area (Å²) < 4.78 is 22.1. The molecule has 0 aliphatic carbocycles. The van der Waals surface area contributed by atoms with Crippen LogP contribution >= 0.6 is 0 Å². The molecule has 0 saturated carbocycles. The lowest BCUT2D eigenvalue weighted by Crippen LogP contribution is -2.24. The van der Waals surface area contributed by atoms with Crippen molar-refractivity contribution in [3.05, 3.63) is 70.5 Å². The first-order valence-electron chi connectivity index (χ1n) is 10.7. The van der Waals surface area contributed by atoms with Gasteiger partial charge in [0.15, 0.2) is 0 Å². The molecule has 2 heterocycles. The molecule has 2 amide bonds. The average molecular weight is 452 g/mol. The fourth-order valence-electron chi connectivity index (χ4n) is 4.04. The van der Waals surface area contributed by atoms with Gasteiger partial charge in [0.1, 0.15) is 22.9 Å². The van der Waals surface area contributed by atoms with E-state index in [0.717, 1.165) is 18.4 Å². The molecule has 0 bridgehead atoms. The number of benzene rings is 2. The summed E-state index contributed by atoms with van der Waals surface area (Å²) in [4.78, 5) is 24.5. The minimum Gasteiger partial charge on any atom is -0.383 e. The number of carbonyl (C=O) groups is 2. The molecule has 1 aliphatic rings. The van der Waals surface area contributed by atoms with E-state index >= 15 is 4.39 Å². The molecule has 1 atom stereocenters. The van der Waals surface area contributed by atoms with Crippen LogP contribution in [0.3, 0.4) is 0 Å². The van der Waals surface area contributed by atoms with Crippen LogP contribution in [0.15, 0.2) is 42.5 Å². The van der Waals surface area contributed by atoms with Gasteiger partial charge < -0.3 is 21.5 Å². The molecule has 1 aromatic heterocycles. The van der Waals surface area contributed by atoms with Crippen LogP contribution in [0.1, 0.15) is 50.7 Å². The predicted molar refractivity (Wildman–Crippen MR) is 122 cm³/mol. The summed E-state index contributed by atoms with van der Waals surface area (Å²) >= 11 is 0. The molecule has 33 heavy (non-hydrogen) atoms. The number of hydrogen-bond acceptors (Lipinski definition) is 5. The fourth-order valence-corrected chi connectivity index (χ4v) is 4.04. The lowest BCUT2D eigenvalue weighted by molar-refractivity contribution is 0.0558. The fraction of sp³-hybridized carbons (Fsp3) is 0.292. The number of rotatable bonds is 6.